The van der Waals surface area contributed by atoms with Crippen molar-refractivity contribution in [3.05, 3.63) is 48.0 Å². The molecule has 3 heterocycles. The van der Waals surface area contributed by atoms with Crippen LogP contribution in [0.25, 0.3) is 11.0 Å². The van der Waals surface area contributed by atoms with Crippen LogP contribution in [0.15, 0.2) is 36.7 Å². The molecule has 2 N–H and O–H groups in total. The maximum absolute atomic E-state index is 12.5. The first-order valence-electron chi connectivity index (χ1n) is 9.47. The van der Waals surface area contributed by atoms with Crippen molar-refractivity contribution in [3.8, 4) is 0 Å². The van der Waals surface area contributed by atoms with E-state index in [1.54, 1.807) is 0 Å². The molecule has 0 aliphatic carbocycles. The molecule has 3 aromatic rings. The van der Waals surface area contributed by atoms with Crippen LogP contribution in [0, 0.1) is 5.92 Å². The SMILES string of the molecule is O=C(CCCc1cn[nH]c1)N1CCC[C@H](Cc2nc3ccccc3[nH]2)C1. The third-order valence-electron chi connectivity index (χ3n) is 5.20. The first kappa shape index (κ1) is 16.8. The number of piperidine rings is 1. The molecular weight excluding hydrogens is 326 g/mol. The summed E-state index contributed by atoms with van der Waals surface area (Å²) in [7, 11) is 0. The van der Waals surface area contributed by atoms with E-state index in [9.17, 15) is 4.79 Å². The van der Waals surface area contributed by atoms with E-state index in [-0.39, 0.29) is 5.91 Å². The number of imidazole rings is 1. The lowest BCUT2D eigenvalue weighted by molar-refractivity contribution is -0.133. The molecule has 0 bridgehead atoms. The van der Waals surface area contributed by atoms with Gasteiger partial charge in [-0.2, -0.15) is 5.10 Å². The largest absolute Gasteiger partial charge is 0.342 e. The van der Waals surface area contributed by atoms with Gasteiger partial charge in [0.15, 0.2) is 0 Å². The summed E-state index contributed by atoms with van der Waals surface area (Å²) in [5.41, 5.74) is 3.27. The summed E-state index contributed by atoms with van der Waals surface area (Å²) < 4.78 is 0. The monoisotopic (exact) mass is 351 g/mol. The zero-order valence-corrected chi connectivity index (χ0v) is 14.9. The number of aryl methyl sites for hydroxylation is 1. The molecular formula is C20H25N5O. The lowest BCUT2D eigenvalue weighted by Gasteiger charge is -2.32. The smallest absolute Gasteiger partial charge is 0.222 e. The Morgan fingerprint density at radius 2 is 2.23 bits per heavy atom. The summed E-state index contributed by atoms with van der Waals surface area (Å²) in [6.07, 6.45) is 9.27. The van der Waals surface area contributed by atoms with Crippen molar-refractivity contribution in [3.63, 3.8) is 0 Å². The van der Waals surface area contributed by atoms with E-state index >= 15 is 0 Å². The van der Waals surface area contributed by atoms with Crippen molar-refractivity contribution in [1.82, 2.24) is 25.1 Å². The van der Waals surface area contributed by atoms with Crippen molar-refractivity contribution >= 4 is 16.9 Å². The van der Waals surface area contributed by atoms with Crippen molar-refractivity contribution in [2.45, 2.75) is 38.5 Å². The summed E-state index contributed by atoms with van der Waals surface area (Å²) in [5, 5.41) is 6.76. The first-order chi connectivity index (χ1) is 12.8. The molecule has 136 valence electrons. The fourth-order valence-electron chi connectivity index (χ4n) is 3.85. The minimum Gasteiger partial charge on any atom is -0.342 e. The van der Waals surface area contributed by atoms with Crippen molar-refractivity contribution < 1.29 is 4.79 Å². The predicted molar refractivity (Wildman–Crippen MR) is 101 cm³/mol. The van der Waals surface area contributed by atoms with Gasteiger partial charge in [-0.15, -0.1) is 0 Å². The Hall–Kier alpha value is -2.63. The average molecular weight is 351 g/mol. The molecule has 26 heavy (non-hydrogen) atoms. The summed E-state index contributed by atoms with van der Waals surface area (Å²) in [6, 6.07) is 8.13. The van der Waals surface area contributed by atoms with E-state index in [0.29, 0.717) is 12.3 Å². The van der Waals surface area contributed by atoms with E-state index in [4.69, 9.17) is 0 Å². The molecule has 0 saturated carbocycles. The lowest BCUT2D eigenvalue weighted by atomic mass is 9.94. The van der Waals surface area contributed by atoms with Crippen molar-refractivity contribution in [2.24, 2.45) is 5.92 Å². The van der Waals surface area contributed by atoms with Crippen LogP contribution < -0.4 is 0 Å². The zero-order valence-electron chi connectivity index (χ0n) is 14.9. The average Bonchev–Trinajstić information content (AvgIpc) is 3.31. The molecule has 1 amide bonds. The number of carbonyl (C=O) groups excluding carboxylic acids is 1. The number of hydrogen-bond acceptors (Lipinski definition) is 3. The molecule has 1 aromatic carbocycles. The number of carbonyl (C=O) groups is 1. The Bertz CT molecular complexity index is 821. The van der Waals surface area contributed by atoms with Gasteiger partial charge in [-0.05, 0) is 49.3 Å². The van der Waals surface area contributed by atoms with Crippen LogP contribution >= 0.6 is 0 Å². The quantitative estimate of drug-likeness (QED) is 0.716. The van der Waals surface area contributed by atoms with Gasteiger partial charge in [0.05, 0.1) is 17.2 Å². The number of likely N-dealkylation sites (tertiary alicyclic amines) is 1. The number of aromatic nitrogens is 4. The highest BCUT2D eigenvalue weighted by Gasteiger charge is 2.24. The van der Waals surface area contributed by atoms with Crippen LogP contribution in [-0.2, 0) is 17.6 Å². The molecule has 2 aromatic heterocycles. The van der Waals surface area contributed by atoms with E-state index in [0.717, 1.165) is 62.1 Å². The number of hydrogen-bond donors (Lipinski definition) is 2. The number of benzene rings is 1. The Kier molecular flexibility index (Phi) is 5.00. The highest BCUT2D eigenvalue weighted by atomic mass is 16.2. The molecule has 0 radical (unpaired) electrons. The fourth-order valence-corrected chi connectivity index (χ4v) is 3.85. The Labute approximate surface area is 153 Å². The Balaban J connectivity index is 1.29. The number of nitrogens with zero attached hydrogens (tertiary/aromatic N) is 3. The van der Waals surface area contributed by atoms with E-state index in [1.165, 1.54) is 5.56 Å². The van der Waals surface area contributed by atoms with E-state index in [2.05, 4.69) is 26.2 Å². The second kappa shape index (κ2) is 7.72. The molecule has 1 saturated heterocycles. The second-order valence-electron chi connectivity index (χ2n) is 7.21. The van der Waals surface area contributed by atoms with Crippen LogP contribution in [0.4, 0.5) is 0 Å². The van der Waals surface area contributed by atoms with Crippen LogP contribution in [-0.4, -0.2) is 44.1 Å². The topological polar surface area (TPSA) is 77.7 Å². The lowest BCUT2D eigenvalue weighted by Crippen LogP contribution is -2.40. The summed E-state index contributed by atoms with van der Waals surface area (Å²) in [6.45, 7) is 1.74. The van der Waals surface area contributed by atoms with Gasteiger partial charge < -0.3 is 9.88 Å². The van der Waals surface area contributed by atoms with Gasteiger partial charge >= 0.3 is 0 Å². The highest BCUT2D eigenvalue weighted by Crippen LogP contribution is 2.22. The van der Waals surface area contributed by atoms with Crippen molar-refractivity contribution in [1.29, 1.82) is 0 Å². The first-order valence-corrected chi connectivity index (χ1v) is 9.47. The van der Waals surface area contributed by atoms with Gasteiger partial charge in [0.25, 0.3) is 0 Å². The predicted octanol–water partition coefficient (Wildman–Crippen LogP) is 3.09. The number of para-hydroxylation sites is 2. The highest BCUT2D eigenvalue weighted by molar-refractivity contribution is 5.76. The maximum Gasteiger partial charge on any atom is 0.222 e. The van der Waals surface area contributed by atoms with E-state index < -0.39 is 0 Å². The van der Waals surface area contributed by atoms with Crippen molar-refractivity contribution in [2.75, 3.05) is 13.1 Å². The molecule has 4 rings (SSSR count). The van der Waals surface area contributed by atoms with Crippen LogP contribution in [0.1, 0.15) is 37.1 Å². The number of amides is 1. The van der Waals surface area contributed by atoms with Crippen LogP contribution in [0.2, 0.25) is 0 Å². The van der Waals surface area contributed by atoms with Gasteiger partial charge in [-0.3, -0.25) is 9.89 Å². The molecule has 6 nitrogen and oxygen atoms in total. The zero-order chi connectivity index (χ0) is 17.8. The Morgan fingerprint density at radius 1 is 1.31 bits per heavy atom. The molecule has 1 aliphatic heterocycles. The minimum atomic E-state index is 0.280. The summed E-state index contributed by atoms with van der Waals surface area (Å²) >= 11 is 0. The third kappa shape index (κ3) is 3.95. The number of H-pyrrole nitrogens is 2. The van der Waals surface area contributed by atoms with Gasteiger partial charge in [-0.1, -0.05) is 12.1 Å². The third-order valence-corrected chi connectivity index (χ3v) is 5.20. The number of aromatic amines is 2. The molecule has 0 unspecified atom stereocenters. The van der Waals surface area contributed by atoms with Crippen LogP contribution in [0.3, 0.4) is 0 Å². The van der Waals surface area contributed by atoms with Gasteiger partial charge in [0, 0.05) is 32.1 Å². The Morgan fingerprint density at radius 3 is 3.08 bits per heavy atom. The number of fused-ring (bicyclic) bond motifs is 1. The second-order valence-corrected chi connectivity index (χ2v) is 7.21. The summed E-state index contributed by atoms with van der Waals surface area (Å²) in [4.78, 5) is 22.7. The number of rotatable bonds is 6. The number of nitrogens with one attached hydrogen (secondary N) is 2. The van der Waals surface area contributed by atoms with Crippen LogP contribution in [0.5, 0.6) is 0 Å². The normalized spacial score (nSPS) is 17.7. The van der Waals surface area contributed by atoms with Gasteiger partial charge in [-0.25, -0.2) is 4.98 Å². The molecule has 6 heteroatoms. The van der Waals surface area contributed by atoms with Gasteiger partial charge in [0.2, 0.25) is 5.91 Å². The maximum atomic E-state index is 12.5. The molecule has 1 aliphatic rings. The van der Waals surface area contributed by atoms with E-state index in [1.807, 2.05) is 35.5 Å². The molecule has 1 fully saturated rings. The summed E-state index contributed by atoms with van der Waals surface area (Å²) in [5.74, 6) is 1.80. The minimum absolute atomic E-state index is 0.280. The molecule has 1 atom stereocenters. The standard InChI is InChI=1S/C20H25N5O/c26-20(9-3-5-16-12-21-22-13-16)25-10-4-6-15(14-25)11-19-23-17-7-1-2-8-18(17)24-19/h1-2,7-8,12-13,15H,3-6,9-11,14H2,(H,21,22)(H,23,24)/t15-/m1/s1. The molecule has 0 spiro atoms. The fraction of sp³-hybridized carbons (Fsp3) is 0.450. The van der Waals surface area contributed by atoms with Gasteiger partial charge in [0.1, 0.15) is 5.82 Å².